The molecule has 1 aromatic carbocycles. The Labute approximate surface area is 120 Å². The van der Waals surface area contributed by atoms with Crippen molar-refractivity contribution < 1.29 is 14.3 Å². The third kappa shape index (κ3) is 5.19. The fourth-order valence-electron chi connectivity index (χ4n) is 1.89. The molecule has 2 atom stereocenters. The maximum atomic E-state index is 12.0. The van der Waals surface area contributed by atoms with Crippen molar-refractivity contribution in [1.82, 2.24) is 5.32 Å². The number of hydrogen-bond donors (Lipinski definition) is 2. The highest BCUT2D eigenvalue weighted by Crippen LogP contribution is 2.18. The average molecular weight is 280 g/mol. The van der Waals surface area contributed by atoms with Gasteiger partial charge in [0.05, 0.1) is 19.2 Å². The van der Waals surface area contributed by atoms with Crippen LogP contribution in [0.1, 0.15) is 31.4 Å². The number of amides is 1. The van der Waals surface area contributed by atoms with E-state index in [9.17, 15) is 4.79 Å². The first kappa shape index (κ1) is 16.5. The second-order valence-corrected chi connectivity index (χ2v) is 4.75. The van der Waals surface area contributed by atoms with Crippen molar-refractivity contribution in [2.75, 3.05) is 20.8 Å². The Hall–Kier alpha value is -1.59. The maximum absolute atomic E-state index is 12.0. The Kier molecular flexibility index (Phi) is 7.04. The molecule has 1 rings (SSSR count). The third-order valence-electron chi connectivity index (χ3n) is 3.15. The largest absolute Gasteiger partial charge is 0.497 e. The Morgan fingerprint density at radius 1 is 1.40 bits per heavy atom. The summed E-state index contributed by atoms with van der Waals surface area (Å²) in [4.78, 5) is 12.0. The van der Waals surface area contributed by atoms with Crippen LogP contribution in [-0.4, -0.2) is 32.8 Å². The van der Waals surface area contributed by atoms with Gasteiger partial charge in [-0.3, -0.25) is 4.79 Å². The summed E-state index contributed by atoms with van der Waals surface area (Å²) in [5, 5.41) is 2.91. The first-order chi connectivity index (χ1) is 9.58. The van der Waals surface area contributed by atoms with Gasteiger partial charge in [-0.15, -0.1) is 0 Å². The van der Waals surface area contributed by atoms with Gasteiger partial charge in [-0.2, -0.15) is 0 Å². The van der Waals surface area contributed by atoms with Crippen molar-refractivity contribution in [3.05, 3.63) is 29.8 Å². The van der Waals surface area contributed by atoms with Gasteiger partial charge in [0.15, 0.2) is 0 Å². The molecule has 5 heteroatoms. The molecule has 0 spiro atoms. The zero-order valence-electron chi connectivity index (χ0n) is 12.4. The topological polar surface area (TPSA) is 73.6 Å². The molecule has 1 aromatic rings. The number of nitrogens with one attached hydrogen (secondary N) is 1. The van der Waals surface area contributed by atoms with E-state index in [-0.39, 0.29) is 11.9 Å². The van der Waals surface area contributed by atoms with Gasteiger partial charge in [0.25, 0.3) is 0 Å². The smallest absolute Gasteiger partial charge is 0.237 e. The zero-order chi connectivity index (χ0) is 15.0. The quantitative estimate of drug-likeness (QED) is 0.710. The lowest BCUT2D eigenvalue weighted by atomic mass is 10.1. The summed E-state index contributed by atoms with van der Waals surface area (Å²) >= 11 is 0. The number of hydrogen-bond acceptors (Lipinski definition) is 4. The fourth-order valence-corrected chi connectivity index (χ4v) is 1.89. The molecular formula is C15H24N2O3. The molecule has 1 unspecified atom stereocenters. The van der Waals surface area contributed by atoms with Crippen LogP contribution < -0.4 is 15.8 Å². The summed E-state index contributed by atoms with van der Waals surface area (Å²) in [6, 6.07) is 7.01. The van der Waals surface area contributed by atoms with Crippen molar-refractivity contribution in [3.63, 3.8) is 0 Å². The molecule has 20 heavy (non-hydrogen) atoms. The number of nitrogens with two attached hydrogens (primary N) is 1. The van der Waals surface area contributed by atoms with Crippen molar-refractivity contribution >= 4 is 5.91 Å². The van der Waals surface area contributed by atoms with E-state index >= 15 is 0 Å². The number of carbonyl (C=O) groups is 1. The molecule has 0 radical (unpaired) electrons. The highest BCUT2D eigenvalue weighted by Gasteiger charge is 2.16. The number of rotatable bonds is 8. The molecule has 0 heterocycles. The van der Waals surface area contributed by atoms with Gasteiger partial charge in [0, 0.05) is 13.7 Å². The molecule has 0 aliphatic rings. The Morgan fingerprint density at radius 3 is 2.80 bits per heavy atom. The van der Waals surface area contributed by atoms with Gasteiger partial charge in [0.2, 0.25) is 5.91 Å². The van der Waals surface area contributed by atoms with Crippen LogP contribution in [0.4, 0.5) is 0 Å². The predicted molar refractivity (Wildman–Crippen MR) is 78.6 cm³/mol. The lowest BCUT2D eigenvalue weighted by molar-refractivity contribution is -0.123. The minimum atomic E-state index is -0.502. The van der Waals surface area contributed by atoms with Crippen LogP contribution in [0.3, 0.4) is 0 Å². The number of methoxy groups -OCH3 is 2. The summed E-state index contributed by atoms with van der Waals surface area (Å²) in [6.45, 7) is 2.54. The SMILES string of the molecule is COCCCC(N)C(=O)N[C@H](C)c1cccc(OC)c1. The second kappa shape index (κ2) is 8.55. The first-order valence-corrected chi connectivity index (χ1v) is 6.77. The van der Waals surface area contributed by atoms with Crippen LogP contribution in [0.15, 0.2) is 24.3 Å². The Balaban J connectivity index is 2.51. The van der Waals surface area contributed by atoms with Gasteiger partial charge < -0.3 is 20.5 Å². The number of carbonyl (C=O) groups excluding carboxylic acids is 1. The second-order valence-electron chi connectivity index (χ2n) is 4.75. The minimum absolute atomic E-state index is 0.105. The van der Waals surface area contributed by atoms with Crippen LogP contribution >= 0.6 is 0 Å². The van der Waals surface area contributed by atoms with Gasteiger partial charge in [-0.05, 0) is 37.5 Å². The maximum Gasteiger partial charge on any atom is 0.237 e. The highest BCUT2D eigenvalue weighted by molar-refractivity contribution is 5.81. The van der Waals surface area contributed by atoms with Crippen LogP contribution in [0.5, 0.6) is 5.75 Å². The molecule has 3 N–H and O–H groups in total. The van der Waals surface area contributed by atoms with Crippen molar-refractivity contribution in [1.29, 1.82) is 0 Å². The normalized spacial score (nSPS) is 13.6. The summed E-state index contributed by atoms with van der Waals surface area (Å²) in [5.74, 6) is 0.629. The third-order valence-corrected chi connectivity index (χ3v) is 3.15. The van der Waals surface area contributed by atoms with Crippen molar-refractivity contribution in [2.45, 2.75) is 31.8 Å². The van der Waals surface area contributed by atoms with Crippen LogP contribution in [0.25, 0.3) is 0 Å². The number of ether oxygens (including phenoxy) is 2. The first-order valence-electron chi connectivity index (χ1n) is 6.77. The van der Waals surface area contributed by atoms with Crippen molar-refractivity contribution in [2.24, 2.45) is 5.73 Å². The van der Waals surface area contributed by atoms with E-state index in [0.717, 1.165) is 17.7 Å². The predicted octanol–water partition coefficient (Wildman–Crippen LogP) is 1.63. The van der Waals surface area contributed by atoms with E-state index in [1.807, 2.05) is 31.2 Å². The van der Waals surface area contributed by atoms with E-state index in [4.69, 9.17) is 15.2 Å². The number of benzene rings is 1. The summed E-state index contributed by atoms with van der Waals surface area (Å²) < 4.78 is 10.1. The molecule has 0 bridgehead atoms. The fraction of sp³-hybridized carbons (Fsp3) is 0.533. The van der Waals surface area contributed by atoms with Gasteiger partial charge in [-0.1, -0.05) is 12.1 Å². The molecular weight excluding hydrogens is 256 g/mol. The molecule has 0 aliphatic heterocycles. The van der Waals surface area contributed by atoms with Crippen LogP contribution in [-0.2, 0) is 9.53 Å². The monoisotopic (exact) mass is 280 g/mol. The zero-order valence-corrected chi connectivity index (χ0v) is 12.4. The Bertz CT molecular complexity index is 423. The lowest BCUT2D eigenvalue weighted by Crippen LogP contribution is -2.41. The van der Waals surface area contributed by atoms with Gasteiger partial charge in [-0.25, -0.2) is 0 Å². The molecule has 112 valence electrons. The molecule has 0 saturated carbocycles. The van der Waals surface area contributed by atoms with E-state index < -0.39 is 6.04 Å². The van der Waals surface area contributed by atoms with Crippen LogP contribution in [0, 0.1) is 0 Å². The molecule has 0 aromatic heterocycles. The summed E-state index contributed by atoms with van der Waals surface area (Å²) in [6.07, 6.45) is 1.39. The van der Waals surface area contributed by atoms with Gasteiger partial charge >= 0.3 is 0 Å². The average Bonchev–Trinajstić information content (AvgIpc) is 2.47. The van der Waals surface area contributed by atoms with Gasteiger partial charge in [0.1, 0.15) is 5.75 Å². The molecule has 1 amide bonds. The highest BCUT2D eigenvalue weighted by atomic mass is 16.5. The molecule has 0 aliphatic carbocycles. The van der Waals surface area contributed by atoms with E-state index in [1.165, 1.54) is 0 Å². The summed E-state index contributed by atoms with van der Waals surface area (Å²) in [7, 11) is 3.25. The molecule has 0 fully saturated rings. The summed E-state index contributed by atoms with van der Waals surface area (Å²) in [5.41, 5.74) is 6.84. The molecule has 0 saturated heterocycles. The molecule has 5 nitrogen and oxygen atoms in total. The van der Waals surface area contributed by atoms with E-state index in [2.05, 4.69) is 5.32 Å². The van der Waals surface area contributed by atoms with E-state index in [0.29, 0.717) is 13.0 Å². The lowest BCUT2D eigenvalue weighted by Gasteiger charge is -2.18. The van der Waals surface area contributed by atoms with E-state index in [1.54, 1.807) is 14.2 Å². The Morgan fingerprint density at radius 2 is 2.15 bits per heavy atom. The minimum Gasteiger partial charge on any atom is -0.497 e. The standard InChI is InChI=1S/C15H24N2O3/c1-11(12-6-4-7-13(10-12)20-3)17-15(18)14(16)8-5-9-19-2/h4,6-7,10-11,14H,5,8-9,16H2,1-3H3,(H,17,18)/t11-,14?/m1/s1. The van der Waals surface area contributed by atoms with Crippen LogP contribution in [0.2, 0.25) is 0 Å². The van der Waals surface area contributed by atoms with Crippen molar-refractivity contribution in [3.8, 4) is 5.75 Å².